The second-order valence-corrected chi connectivity index (χ2v) is 13.5. The van der Waals surface area contributed by atoms with E-state index in [1.54, 1.807) is 25.1 Å². The van der Waals surface area contributed by atoms with Gasteiger partial charge < -0.3 is 10.2 Å². The minimum atomic E-state index is -4.25. The third-order valence-electron chi connectivity index (χ3n) is 6.23. The van der Waals surface area contributed by atoms with Crippen LogP contribution in [0.2, 0.25) is 10.0 Å². The highest BCUT2D eigenvalue weighted by Crippen LogP contribution is 2.35. The Morgan fingerprint density at radius 1 is 0.900 bits per heavy atom. The van der Waals surface area contributed by atoms with Crippen LogP contribution in [0.4, 0.5) is 5.69 Å². The van der Waals surface area contributed by atoms with E-state index >= 15 is 0 Å². The van der Waals surface area contributed by atoms with Gasteiger partial charge in [-0.1, -0.05) is 76.8 Å². The molecule has 40 heavy (non-hydrogen) atoms. The lowest BCUT2D eigenvalue weighted by Crippen LogP contribution is -2.54. The number of benzene rings is 3. The highest BCUT2D eigenvalue weighted by molar-refractivity contribution is 7.92. The number of rotatable bonds is 9. The van der Waals surface area contributed by atoms with E-state index in [1.807, 2.05) is 58.9 Å². The Kier molecular flexibility index (Phi) is 9.93. The van der Waals surface area contributed by atoms with E-state index in [2.05, 4.69) is 5.32 Å². The smallest absolute Gasteiger partial charge is 0.264 e. The van der Waals surface area contributed by atoms with E-state index in [4.69, 9.17) is 23.2 Å². The van der Waals surface area contributed by atoms with Crippen molar-refractivity contribution in [1.29, 1.82) is 0 Å². The number of aryl methyl sites for hydroxylation is 2. The summed E-state index contributed by atoms with van der Waals surface area (Å²) in [5.41, 5.74) is 2.25. The van der Waals surface area contributed by atoms with Crippen LogP contribution in [0.1, 0.15) is 44.4 Å². The van der Waals surface area contributed by atoms with Gasteiger partial charge in [-0.25, -0.2) is 8.42 Å². The average Bonchev–Trinajstić information content (AvgIpc) is 2.87. The van der Waals surface area contributed by atoms with Crippen LogP contribution in [-0.2, 0) is 26.2 Å². The van der Waals surface area contributed by atoms with Crippen molar-refractivity contribution >= 4 is 50.7 Å². The highest BCUT2D eigenvalue weighted by atomic mass is 35.5. The van der Waals surface area contributed by atoms with Gasteiger partial charge in [0.15, 0.2) is 0 Å². The summed E-state index contributed by atoms with van der Waals surface area (Å²) in [5, 5.41) is 3.05. The van der Waals surface area contributed by atoms with Crippen molar-refractivity contribution in [2.45, 2.75) is 64.6 Å². The Balaban J connectivity index is 2.08. The Bertz CT molecular complexity index is 1470. The first-order valence-corrected chi connectivity index (χ1v) is 15.0. The Hall–Kier alpha value is -3.07. The zero-order valence-corrected chi connectivity index (χ0v) is 25.9. The Morgan fingerprint density at radius 2 is 1.45 bits per heavy atom. The van der Waals surface area contributed by atoms with Crippen molar-refractivity contribution in [2.75, 3.05) is 10.8 Å². The number of hydrogen-bond acceptors (Lipinski definition) is 4. The van der Waals surface area contributed by atoms with Crippen LogP contribution < -0.4 is 9.62 Å². The monoisotopic (exact) mass is 603 g/mol. The number of carbonyl (C=O) groups is 2. The van der Waals surface area contributed by atoms with Crippen molar-refractivity contribution in [3.8, 4) is 0 Å². The summed E-state index contributed by atoms with van der Waals surface area (Å²) >= 11 is 12.7. The minimum absolute atomic E-state index is 0.00346. The molecule has 1 atom stereocenters. The van der Waals surface area contributed by atoms with Crippen LogP contribution in [0.25, 0.3) is 0 Å². The normalized spacial score (nSPS) is 12.5. The number of halogens is 2. The summed E-state index contributed by atoms with van der Waals surface area (Å²) in [7, 11) is -4.25. The first-order valence-electron chi connectivity index (χ1n) is 12.8. The molecule has 0 saturated carbocycles. The van der Waals surface area contributed by atoms with Gasteiger partial charge in [-0.3, -0.25) is 13.9 Å². The molecule has 0 spiro atoms. The van der Waals surface area contributed by atoms with Crippen molar-refractivity contribution in [2.24, 2.45) is 0 Å². The second-order valence-electron chi connectivity index (χ2n) is 10.8. The molecule has 3 aromatic rings. The van der Waals surface area contributed by atoms with Crippen molar-refractivity contribution in [3.05, 3.63) is 93.5 Å². The predicted octanol–water partition coefficient (Wildman–Crippen LogP) is 6.14. The number of sulfonamides is 1. The van der Waals surface area contributed by atoms with Crippen LogP contribution in [0.3, 0.4) is 0 Å². The van der Waals surface area contributed by atoms with Gasteiger partial charge >= 0.3 is 0 Å². The molecule has 7 nitrogen and oxygen atoms in total. The standard InChI is InChI=1S/C30H35Cl2N3O4S/c1-20-10-14-23(15-11-20)18-34(22(3)29(37)33-30(4,5)6)27(36)19-35(26-9-7-8-25(31)28(26)32)40(38,39)24-16-12-21(2)13-17-24/h7-17,22H,18-19H2,1-6H3,(H,33,37)/t22-/m0/s1. The highest BCUT2D eigenvalue weighted by Gasteiger charge is 2.34. The molecule has 3 rings (SSSR count). The SMILES string of the molecule is Cc1ccc(CN(C(=O)CN(c2cccc(Cl)c2Cl)S(=O)(=O)c2ccc(C)cc2)[C@@H](C)C(=O)NC(C)(C)C)cc1. The van der Waals surface area contributed by atoms with Crippen LogP contribution >= 0.6 is 23.2 Å². The molecule has 0 bridgehead atoms. The number of amides is 2. The molecular weight excluding hydrogens is 569 g/mol. The molecule has 1 N–H and O–H groups in total. The van der Waals surface area contributed by atoms with E-state index in [-0.39, 0.29) is 33.1 Å². The van der Waals surface area contributed by atoms with Gasteiger partial charge in [-0.15, -0.1) is 0 Å². The molecule has 10 heteroatoms. The van der Waals surface area contributed by atoms with Gasteiger partial charge in [0, 0.05) is 12.1 Å². The molecule has 0 saturated heterocycles. The first-order chi connectivity index (χ1) is 18.6. The number of nitrogens with zero attached hydrogens (tertiary/aromatic N) is 2. The number of nitrogens with one attached hydrogen (secondary N) is 1. The lowest BCUT2D eigenvalue weighted by atomic mass is 10.1. The molecule has 0 aliphatic carbocycles. The summed E-state index contributed by atoms with van der Waals surface area (Å²) < 4.78 is 28.8. The van der Waals surface area contributed by atoms with E-state index in [1.165, 1.54) is 29.2 Å². The van der Waals surface area contributed by atoms with Gasteiger partial charge in [0.25, 0.3) is 10.0 Å². The zero-order chi connectivity index (χ0) is 29.8. The van der Waals surface area contributed by atoms with Crippen molar-refractivity contribution in [3.63, 3.8) is 0 Å². The Morgan fingerprint density at radius 3 is 2.00 bits per heavy atom. The van der Waals surface area contributed by atoms with Crippen LogP contribution in [0, 0.1) is 13.8 Å². The molecule has 3 aromatic carbocycles. The van der Waals surface area contributed by atoms with E-state index in [0.29, 0.717) is 0 Å². The lowest BCUT2D eigenvalue weighted by molar-refractivity contribution is -0.140. The van der Waals surface area contributed by atoms with Gasteiger partial charge in [-0.05, 0) is 71.4 Å². The van der Waals surface area contributed by atoms with E-state index in [0.717, 1.165) is 21.0 Å². The number of anilines is 1. The summed E-state index contributed by atoms with van der Waals surface area (Å²) in [6.45, 7) is 10.5. The topological polar surface area (TPSA) is 86.8 Å². The average molecular weight is 605 g/mol. The van der Waals surface area contributed by atoms with Gasteiger partial charge in [0.05, 0.1) is 20.6 Å². The van der Waals surface area contributed by atoms with Crippen LogP contribution in [-0.4, -0.2) is 43.3 Å². The van der Waals surface area contributed by atoms with Crippen molar-refractivity contribution < 1.29 is 18.0 Å². The van der Waals surface area contributed by atoms with Crippen LogP contribution in [0.5, 0.6) is 0 Å². The van der Waals surface area contributed by atoms with Gasteiger partial charge in [0.1, 0.15) is 12.6 Å². The molecule has 0 aliphatic heterocycles. The maximum Gasteiger partial charge on any atom is 0.264 e. The third kappa shape index (κ3) is 7.77. The summed E-state index contributed by atoms with van der Waals surface area (Å²) in [4.78, 5) is 28.5. The fraction of sp³-hybridized carbons (Fsp3) is 0.333. The van der Waals surface area contributed by atoms with Crippen molar-refractivity contribution in [1.82, 2.24) is 10.2 Å². The maximum atomic E-state index is 14.0. The minimum Gasteiger partial charge on any atom is -0.350 e. The Labute approximate surface area is 247 Å². The van der Waals surface area contributed by atoms with Gasteiger partial charge in [-0.2, -0.15) is 0 Å². The maximum absolute atomic E-state index is 14.0. The van der Waals surface area contributed by atoms with E-state index < -0.39 is 34.1 Å². The molecule has 0 aliphatic rings. The molecular formula is C30H35Cl2N3O4S. The zero-order valence-electron chi connectivity index (χ0n) is 23.5. The van der Waals surface area contributed by atoms with E-state index in [9.17, 15) is 18.0 Å². The first kappa shape index (κ1) is 31.5. The third-order valence-corrected chi connectivity index (χ3v) is 8.81. The largest absolute Gasteiger partial charge is 0.350 e. The molecule has 214 valence electrons. The fourth-order valence-corrected chi connectivity index (χ4v) is 5.86. The molecule has 0 radical (unpaired) electrons. The second kappa shape index (κ2) is 12.6. The molecule has 0 fully saturated rings. The summed E-state index contributed by atoms with van der Waals surface area (Å²) in [6.07, 6.45) is 0. The summed E-state index contributed by atoms with van der Waals surface area (Å²) in [5.74, 6) is -0.939. The molecule has 2 amide bonds. The fourth-order valence-electron chi connectivity index (χ4n) is 3.98. The number of hydrogen-bond donors (Lipinski definition) is 1. The van der Waals surface area contributed by atoms with Crippen LogP contribution in [0.15, 0.2) is 71.6 Å². The quantitative estimate of drug-likeness (QED) is 0.318. The van der Waals surface area contributed by atoms with Gasteiger partial charge in [0.2, 0.25) is 11.8 Å². The predicted molar refractivity (Wildman–Crippen MR) is 161 cm³/mol. The summed E-state index contributed by atoms with van der Waals surface area (Å²) in [6, 6.07) is 17.6. The molecule has 0 aromatic heterocycles. The number of carbonyl (C=O) groups excluding carboxylic acids is 2. The molecule has 0 unspecified atom stereocenters. The lowest BCUT2D eigenvalue weighted by Gasteiger charge is -2.33. The molecule has 0 heterocycles.